The Morgan fingerprint density at radius 2 is 1.68 bits per heavy atom. The first-order chi connectivity index (χ1) is 16.7. The number of aromatic nitrogens is 2. The fourth-order valence-corrected chi connectivity index (χ4v) is 4.67. The average molecular weight is 471 g/mol. The van der Waals surface area contributed by atoms with E-state index >= 15 is 0 Å². The van der Waals surface area contributed by atoms with Crippen LogP contribution >= 0.6 is 12.2 Å². The van der Waals surface area contributed by atoms with E-state index < -0.39 is 0 Å². The Balaban J connectivity index is 1.49. The van der Waals surface area contributed by atoms with E-state index in [0.717, 1.165) is 35.1 Å². The molecule has 2 aromatic heterocycles. The van der Waals surface area contributed by atoms with Crippen LogP contribution < -0.4 is 15.0 Å². The summed E-state index contributed by atoms with van der Waals surface area (Å²) in [5, 5.41) is 4.18. The van der Waals surface area contributed by atoms with Crippen molar-refractivity contribution in [3.05, 3.63) is 109 Å². The highest BCUT2D eigenvalue weighted by molar-refractivity contribution is 7.80. The Morgan fingerprint density at radius 3 is 2.41 bits per heavy atom. The number of rotatable bonds is 8. The molecule has 0 amide bonds. The van der Waals surface area contributed by atoms with Gasteiger partial charge in [0.15, 0.2) is 5.11 Å². The van der Waals surface area contributed by atoms with Crippen molar-refractivity contribution in [1.29, 1.82) is 0 Å². The Bertz CT molecular complexity index is 1230. The van der Waals surface area contributed by atoms with Gasteiger partial charge in [0.1, 0.15) is 17.5 Å². The van der Waals surface area contributed by atoms with Gasteiger partial charge < -0.3 is 24.3 Å². The van der Waals surface area contributed by atoms with Gasteiger partial charge in [-0.05, 0) is 72.9 Å². The molecule has 172 valence electrons. The number of para-hydroxylation sites is 1. The number of benzene rings is 2. The Kier molecular flexibility index (Phi) is 6.56. The second-order valence-electron chi connectivity index (χ2n) is 8.02. The van der Waals surface area contributed by atoms with Crippen LogP contribution in [0, 0.1) is 0 Å². The maximum absolute atomic E-state index is 5.98. The number of nitrogens with zero attached hydrogens (tertiary/aromatic N) is 3. The molecule has 1 aliphatic rings. The van der Waals surface area contributed by atoms with Crippen LogP contribution in [0.25, 0.3) is 0 Å². The molecule has 0 radical (unpaired) electrons. The van der Waals surface area contributed by atoms with Crippen molar-refractivity contribution < 1.29 is 9.47 Å². The maximum atomic E-state index is 5.98. The number of anilines is 1. The van der Waals surface area contributed by atoms with Gasteiger partial charge in [0, 0.05) is 37.4 Å². The van der Waals surface area contributed by atoms with Crippen molar-refractivity contribution in [2.75, 3.05) is 18.6 Å². The van der Waals surface area contributed by atoms with Crippen LogP contribution in [0.15, 0.2) is 97.3 Å². The number of ether oxygens (including phenoxy) is 2. The van der Waals surface area contributed by atoms with Gasteiger partial charge in [-0.1, -0.05) is 24.3 Å². The molecular formula is C27H26N4O2S. The molecule has 1 fully saturated rings. The van der Waals surface area contributed by atoms with Crippen LogP contribution in [-0.2, 0) is 11.3 Å². The van der Waals surface area contributed by atoms with E-state index in [1.165, 1.54) is 0 Å². The zero-order valence-electron chi connectivity index (χ0n) is 18.9. The van der Waals surface area contributed by atoms with Gasteiger partial charge in [-0.2, -0.15) is 0 Å². The molecule has 5 rings (SSSR count). The summed E-state index contributed by atoms with van der Waals surface area (Å²) >= 11 is 5.84. The van der Waals surface area contributed by atoms with Gasteiger partial charge in [-0.25, -0.2) is 0 Å². The third kappa shape index (κ3) is 4.53. The van der Waals surface area contributed by atoms with Crippen molar-refractivity contribution in [3.63, 3.8) is 0 Å². The minimum atomic E-state index is -0.0925. The molecule has 2 unspecified atom stereocenters. The van der Waals surface area contributed by atoms with Gasteiger partial charge in [0.25, 0.3) is 0 Å². The van der Waals surface area contributed by atoms with Crippen LogP contribution in [0.1, 0.15) is 23.5 Å². The van der Waals surface area contributed by atoms with E-state index in [-0.39, 0.29) is 12.1 Å². The molecule has 34 heavy (non-hydrogen) atoms. The summed E-state index contributed by atoms with van der Waals surface area (Å²) in [6.07, 6.45) is 3.90. The molecule has 7 heteroatoms. The van der Waals surface area contributed by atoms with E-state index in [4.69, 9.17) is 21.7 Å². The number of thiocarbonyl (C=S) groups is 1. The van der Waals surface area contributed by atoms with E-state index in [0.29, 0.717) is 11.7 Å². The lowest BCUT2D eigenvalue weighted by Crippen LogP contribution is -2.30. The minimum absolute atomic E-state index is 0.0739. The van der Waals surface area contributed by atoms with Crippen molar-refractivity contribution in [2.24, 2.45) is 0 Å². The van der Waals surface area contributed by atoms with Crippen molar-refractivity contribution in [3.8, 4) is 11.5 Å². The first-order valence-electron chi connectivity index (χ1n) is 11.2. The first-order valence-corrected chi connectivity index (χ1v) is 11.6. The first kappa shape index (κ1) is 22.1. The van der Waals surface area contributed by atoms with Gasteiger partial charge in [0.2, 0.25) is 0 Å². The normalized spacial score (nSPS) is 17.6. The summed E-state index contributed by atoms with van der Waals surface area (Å²) < 4.78 is 13.5. The molecule has 0 aliphatic carbocycles. The molecule has 6 nitrogen and oxygen atoms in total. The predicted molar refractivity (Wildman–Crippen MR) is 137 cm³/mol. The Hall–Kier alpha value is -3.68. The molecule has 3 heterocycles. The highest BCUT2D eigenvalue weighted by Gasteiger charge is 2.41. The van der Waals surface area contributed by atoms with Crippen LogP contribution in [0.2, 0.25) is 0 Å². The fourth-order valence-electron chi connectivity index (χ4n) is 4.32. The highest BCUT2D eigenvalue weighted by atomic mass is 32.1. The van der Waals surface area contributed by atoms with Gasteiger partial charge in [-0.3, -0.25) is 4.98 Å². The summed E-state index contributed by atoms with van der Waals surface area (Å²) in [5.74, 6) is 1.58. The smallest absolute Gasteiger partial charge is 0.174 e. The molecule has 0 bridgehead atoms. The molecule has 1 saturated heterocycles. The number of hydrogen-bond acceptors (Lipinski definition) is 4. The van der Waals surface area contributed by atoms with Crippen LogP contribution in [-0.4, -0.2) is 28.4 Å². The zero-order chi connectivity index (χ0) is 23.3. The standard InChI is InChI=1S/C27H26N4O2S/c1-32-19-18-30-17-7-11-24(30)26-25(23-10-5-6-16-28-23)29-27(34)31(26)20-12-14-22(15-13-20)33-21-8-3-2-4-9-21/h2-17,25-26H,18-19H2,1H3,(H,29,34). The summed E-state index contributed by atoms with van der Waals surface area (Å²) in [7, 11) is 1.72. The number of pyridine rings is 1. The number of hydrogen-bond donors (Lipinski definition) is 1. The van der Waals surface area contributed by atoms with E-state index in [2.05, 4.69) is 38.1 Å². The van der Waals surface area contributed by atoms with E-state index in [1.807, 2.05) is 79.0 Å². The molecule has 4 aromatic rings. The molecule has 2 atom stereocenters. The third-order valence-electron chi connectivity index (χ3n) is 5.90. The molecule has 1 aliphatic heterocycles. The van der Waals surface area contributed by atoms with Gasteiger partial charge in [0.05, 0.1) is 18.3 Å². The van der Waals surface area contributed by atoms with E-state index in [1.54, 1.807) is 7.11 Å². The van der Waals surface area contributed by atoms with Crippen LogP contribution in [0.4, 0.5) is 5.69 Å². The van der Waals surface area contributed by atoms with Gasteiger partial charge >= 0.3 is 0 Å². The maximum Gasteiger partial charge on any atom is 0.174 e. The highest BCUT2D eigenvalue weighted by Crippen LogP contribution is 2.42. The molecule has 0 saturated carbocycles. The number of methoxy groups -OCH3 is 1. The summed E-state index contributed by atoms with van der Waals surface area (Å²) in [6, 6.07) is 27.8. The monoisotopic (exact) mass is 470 g/mol. The number of nitrogens with one attached hydrogen (secondary N) is 1. The van der Waals surface area contributed by atoms with Crippen LogP contribution in [0.3, 0.4) is 0 Å². The SMILES string of the molecule is COCCn1cccc1C1C(c2ccccn2)NC(=S)N1c1ccc(Oc2ccccc2)cc1. The second-order valence-corrected chi connectivity index (χ2v) is 8.41. The minimum Gasteiger partial charge on any atom is -0.457 e. The summed E-state index contributed by atoms with van der Waals surface area (Å²) in [4.78, 5) is 6.80. The Morgan fingerprint density at radius 1 is 0.912 bits per heavy atom. The average Bonchev–Trinajstić information content (AvgIpc) is 3.48. The van der Waals surface area contributed by atoms with Crippen molar-refractivity contribution >= 4 is 23.0 Å². The van der Waals surface area contributed by atoms with Crippen LogP contribution in [0.5, 0.6) is 11.5 Å². The molecule has 1 N–H and O–H groups in total. The quantitative estimate of drug-likeness (QED) is 0.343. The zero-order valence-corrected chi connectivity index (χ0v) is 19.7. The fraction of sp³-hybridized carbons (Fsp3) is 0.185. The Labute approximate surface area is 204 Å². The third-order valence-corrected chi connectivity index (χ3v) is 6.21. The van der Waals surface area contributed by atoms with E-state index in [9.17, 15) is 0 Å². The molecule has 0 spiro atoms. The predicted octanol–water partition coefficient (Wildman–Crippen LogP) is 5.50. The van der Waals surface area contributed by atoms with Crippen molar-refractivity contribution in [1.82, 2.24) is 14.9 Å². The molecular weight excluding hydrogens is 444 g/mol. The topological polar surface area (TPSA) is 51.5 Å². The summed E-state index contributed by atoms with van der Waals surface area (Å²) in [6.45, 7) is 1.39. The van der Waals surface area contributed by atoms with Gasteiger partial charge in [-0.15, -0.1) is 0 Å². The lowest BCUT2D eigenvalue weighted by molar-refractivity contribution is 0.186. The lowest BCUT2D eigenvalue weighted by Gasteiger charge is -2.29. The molecule has 2 aromatic carbocycles. The second kappa shape index (κ2) is 10.1. The van der Waals surface area contributed by atoms with Crippen molar-refractivity contribution in [2.45, 2.75) is 18.6 Å². The largest absolute Gasteiger partial charge is 0.457 e. The lowest BCUT2D eigenvalue weighted by atomic mass is 10.0. The summed E-state index contributed by atoms with van der Waals surface area (Å²) in [5.41, 5.74) is 3.08.